The Morgan fingerprint density at radius 2 is 1.87 bits per heavy atom. The maximum absolute atomic E-state index is 12.9. The van der Waals surface area contributed by atoms with Crippen molar-refractivity contribution < 1.29 is 17.6 Å². The van der Waals surface area contributed by atoms with Crippen LogP contribution in [0, 0.1) is 13.8 Å². The van der Waals surface area contributed by atoms with E-state index in [1.54, 1.807) is 13.8 Å². The van der Waals surface area contributed by atoms with Crippen molar-refractivity contribution in [1.82, 2.24) is 0 Å². The highest BCUT2D eigenvalue weighted by atomic mass is 35.5. The second-order valence-corrected chi connectivity index (χ2v) is 5.10. The second-order valence-electron chi connectivity index (χ2n) is 3.21. The number of halogens is 5. The molecule has 0 saturated carbocycles. The van der Waals surface area contributed by atoms with Gasteiger partial charge in [0, 0.05) is 9.75 Å². The average Bonchev–Trinajstić information content (AvgIpc) is 2.43. The lowest BCUT2D eigenvalue weighted by Gasteiger charge is -2.20. The van der Waals surface area contributed by atoms with E-state index in [2.05, 4.69) is 0 Å². The van der Waals surface area contributed by atoms with Gasteiger partial charge in [-0.15, -0.1) is 22.9 Å². The Kier molecular flexibility index (Phi) is 3.66. The number of hydrogen-bond donors (Lipinski definition) is 0. The van der Waals surface area contributed by atoms with Gasteiger partial charge in [0.1, 0.15) is 5.38 Å². The molecule has 15 heavy (non-hydrogen) atoms. The molecule has 1 aromatic rings. The number of hydrogen-bond acceptors (Lipinski definition) is 1. The molecule has 0 bridgehead atoms. The molecule has 86 valence electrons. The molecule has 0 saturated heterocycles. The summed E-state index contributed by atoms with van der Waals surface area (Å²) in [6, 6.07) is 1.42. The van der Waals surface area contributed by atoms with E-state index in [1.165, 1.54) is 17.4 Å². The smallest absolute Gasteiger partial charge is 0.204 e. The van der Waals surface area contributed by atoms with E-state index in [4.69, 9.17) is 11.6 Å². The minimum Gasteiger partial charge on any atom is -0.204 e. The van der Waals surface area contributed by atoms with Gasteiger partial charge >= 0.3 is 12.3 Å². The zero-order valence-corrected chi connectivity index (χ0v) is 9.60. The lowest BCUT2D eigenvalue weighted by molar-refractivity contribution is -0.130. The lowest BCUT2D eigenvalue weighted by Crippen LogP contribution is -2.31. The van der Waals surface area contributed by atoms with Crippen LogP contribution in [0.2, 0.25) is 0 Å². The van der Waals surface area contributed by atoms with Crippen molar-refractivity contribution in [3.8, 4) is 0 Å². The van der Waals surface area contributed by atoms with Gasteiger partial charge < -0.3 is 0 Å². The number of alkyl halides is 5. The molecule has 0 nitrogen and oxygen atoms in total. The fourth-order valence-corrected chi connectivity index (χ4v) is 2.57. The Morgan fingerprint density at radius 1 is 1.33 bits per heavy atom. The first-order valence-electron chi connectivity index (χ1n) is 4.13. The van der Waals surface area contributed by atoms with E-state index in [0.29, 0.717) is 4.88 Å². The Hall–Kier alpha value is -0.290. The summed E-state index contributed by atoms with van der Waals surface area (Å²) in [6.07, 6.45) is -3.75. The van der Waals surface area contributed by atoms with Gasteiger partial charge in [0.05, 0.1) is 0 Å². The molecule has 6 heteroatoms. The monoisotopic (exact) mass is 260 g/mol. The van der Waals surface area contributed by atoms with Crippen LogP contribution in [0.5, 0.6) is 0 Å². The van der Waals surface area contributed by atoms with Gasteiger partial charge in [-0.2, -0.15) is 8.78 Å². The topological polar surface area (TPSA) is 0 Å². The standard InChI is InChI=1S/C9H9ClF4S/c1-4-3-6(5(2)15-4)7(10)9(13,14)8(11)12/h3,7-8H,1-2H3. The molecule has 0 spiro atoms. The first kappa shape index (κ1) is 12.8. The van der Waals surface area contributed by atoms with Crippen LogP contribution in [-0.4, -0.2) is 12.3 Å². The van der Waals surface area contributed by atoms with Gasteiger partial charge in [-0.1, -0.05) is 0 Å². The van der Waals surface area contributed by atoms with Gasteiger partial charge in [0.2, 0.25) is 0 Å². The van der Waals surface area contributed by atoms with Crippen LogP contribution >= 0.6 is 22.9 Å². The van der Waals surface area contributed by atoms with Crippen LogP contribution in [0.4, 0.5) is 17.6 Å². The van der Waals surface area contributed by atoms with Crippen molar-refractivity contribution in [2.24, 2.45) is 0 Å². The van der Waals surface area contributed by atoms with Crippen molar-refractivity contribution in [3.63, 3.8) is 0 Å². The first-order valence-corrected chi connectivity index (χ1v) is 5.39. The predicted molar refractivity (Wildman–Crippen MR) is 53.3 cm³/mol. The van der Waals surface area contributed by atoms with Crippen molar-refractivity contribution in [2.75, 3.05) is 0 Å². The van der Waals surface area contributed by atoms with Crippen LogP contribution < -0.4 is 0 Å². The van der Waals surface area contributed by atoms with E-state index in [-0.39, 0.29) is 5.56 Å². The Labute approximate surface area is 93.9 Å². The quantitative estimate of drug-likeness (QED) is 0.553. The number of rotatable bonds is 3. The van der Waals surface area contributed by atoms with Gasteiger partial charge in [0.25, 0.3) is 0 Å². The molecule has 1 heterocycles. The highest BCUT2D eigenvalue weighted by molar-refractivity contribution is 7.12. The summed E-state index contributed by atoms with van der Waals surface area (Å²) in [5, 5.41) is -1.97. The van der Waals surface area contributed by atoms with Crippen LogP contribution in [0.3, 0.4) is 0 Å². The minimum atomic E-state index is -4.19. The zero-order valence-electron chi connectivity index (χ0n) is 8.03. The molecule has 0 aliphatic carbocycles. The summed E-state index contributed by atoms with van der Waals surface area (Å²) in [5.41, 5.74) is 0.0875. The molecular weight excluding hydrogens is 252 g/mol. The van der Waals surface area contributed by atoms with Crippen molar-refractivity contribution in [2.45, 2.75) is 31.6 Å². The third kappa shape index (κ3) is 2.45. The SMILES string of the molecule is Cc1cc(C(Cl)C(F)(F)C(F)F)c(C)s1. The van der Waals surface area contributed by atoms with Gasteiger partial charge in [-0.3, -0.25) is 0 Å². The molecule has 1 aromatic heterocycles. The van der Waals surface area contributed by atoms with E-state index in [1.807, 2.05) is 0 Å². The average molecular weight is 261 g/mol. The molecule has 0 radical (unpaired) electrons. The molecular formula is C9H9ClF4S. The van der Waals surface area contributed by atoms with Crippen molar-refractivity contribution in [3.05, 3.63) is 21.4 Å². The molecule has 0 fully saturated rings. The molecule has 1 rings (SSSR count). The van der Waals surface area contributed by atoms with Gasteiger partial charge in [-0.05, 0) is 25.5 Å². The maximum Gasteiger partial charge on any atom is 0.327 e. The summed E-state index contributed by atoms with van der Waals surface area (Å²) < 4.78 is 50.0. The van der Waals surface area contributed by atoms with Crippen LogP contribution in [0.25, 0.3) is 0 Å². The van der Waals surface area contributed by atoms with Crippen LogP contribution in [0.1, 0.15) is 20.7 Å². The van der Waals surface area contributed by atoms with Crippen LogP contribution in [0.15, 0.2) is 6.07 Å². The fourth-order valence-electron chi connectivity index (χ4n) is 1.22. The normalized spacial score (nSPS) is 14.7. The van der Waals surface area contributed by atoms with Crippen LogP contribution in [-0.2, 0) is 0 Å². The van der Waals surface area contributed by atoms with Crippen molar-refractivity contribution >= 4 is 22.9 Å². The van der Waals surface area contributed by atoms with E-state index in [9.17, 15) is 17.6 Å². The second kappa shape index (κ2) is 4.29. The summed E-state index contributed by atoms with van der Waals surface area (Å²) in [4.78, 5) is 1.33. The zero-order chi connectivity index (χ0) is 11.8. The third-order valence-corrected chi connectivity index (χ3v) is 3.49. The minimum absolute atomic E-state index is 0.0875. The highest BCUT2D eigenvalue weighted by Crippen LogP contribution is 2.43. The van der Waals surface area contributed by atoms with E-state index < -0.39 is 17.7 Å². The lowest BCUT2D eigenvalue weighted by atomic mass is 10.1. The summed E-state index contributed by atoms with van der Waals surface area (Å²) in [6.45, 7) is 3.30. The largest absolute Gasteiger partial charge is 0.327 e. The van der Waals surface area contributed by atoms with Crippen molar-refractivity contribution in [1.29, 1.82) is 0 Å². The first-order chi connectivity index (χ1) is 6.76. The fraction of sp³-hybridized carbons (Fsp3) is 0.556. The Balaban J connectivity index is 3.04. The highest BCUT2D eigenvalue weighted by Gasteiger charge is 2.49. The number of aryl methyl sites for hydroxylation is 2. The summed E-state index contributed by atoms with van der Waals surface area (Å²) in [7, 11) is 0. The van der Waals surface area contributed by atoms with E-state index >= 15 is 0 Å². The summed E-state index contributed by atoms with van der Waals surface area (Å²) in [5.74, 6) is -4.19. The molecule has 1 atom stereocenters. The molecule has 0 N–H and O–H groups in total. The third-order valence-electron chi connectivity index (χ3n) is 1.98. The Morgan fingerprint density at radius 3 is 2.20 bits per heavy atom. The predicted octanol–water partition coefficient (Wildman–Crippen LogP) is 4.55. The number of thiophene rings is 1. The summed E-state index contributed by atoms with van der Waals surface area (Å²) >= 11 is 6.65. The molecule has 0 amide bonds. The van der Waals surface area contributed by atoms with Gasteiger partial charge in [0.15, 0.2) is 0 Å². The molecule has 0 aliphatic heterocycles. The maximum atomic E-state index is 12.9. The molecule has 0 aliphatic rings. The van der Waals surface area contributed by atoms with E-state index in [0.717, 1.165) is 4.88 Å². The molecule has 1 unspecified atom stereocenters. The Bertz CT molecular complexity index is 348. The van der Waals surface area contributed by atoms with Gasteiger partial charge in [-0.25, -0.2) is 8.78 Å². The molecule has 0 aromatic carbocycles.